The minimum Gasteiger partial charge on any atom is -0.508 e. The number of hydrogen-bond acceptors (Lipinski definition) is 3. The van der Waals surface area contributed by atoms with E-state index in [1.165, 1.54) is 12.1 Å². The van der Waals surface area contributed by atoms with Gasteiger partial charge in [0.15, 0.2) is 0 Å². The van der Waals surface area contributed by atoms with Gasteiger partial charge in [0.05, 0.1) is 18.2 Å². The largest absolute Gasteiger partial charge is 0.508 e. The average molecular weight is 177 g/mol. The lowest BCUT2D eigenvalue weighted by molar-refractivity contribution is 0.315. The molecule has 0 bridgehead atoms. The zero-order chi connectivity index (χ0) is 9.68. The molecule has 1 rings (SSSR count). The minimum atomic E-state index is 0.0603. The summed E-state index contributed by atoms with van der Waals surface area (Å²) in [6.45, 7) is 2.59. The summed E-state index contributed by atoms with van der Waals surface area (Å²) in [7, 11) is 0. The second-order valence-corrected chi connectivity index (χ2v) is 2.68. The van der Waals surface area contributed by atoms with Crippen molar-refractivity contribution < 1.29 is 9.84 Å². The fourth-order valence-electron chi connectivity index (χ4n) is 0.951. The molecule has 1 N–H and O–H groups in total. The number of nitrogens with zero attached hydrogens (tertiary/aromatic N) is 1. The number of phenols is 1. The third kappa shape index (κ3) is 2.68. The van der Waals surface area contributed by atoms with Gasteiger partial charge in [0.2, 0.25) is 0 Å². The zero-order valence-electron chi connectivity index (χ0n) is 7.45. The van der Waals surface area contributed by atoms with Gasteiger partial charge in [0.1, 0.15) is 11.5 Å². The summed E-state index contributed by atoms with van der Waals surface area (Å²) < 4.78 is 5.27. The third-order valence-corrected chi connectivity index (χ3v) is 1.49. The van der Waals surface area contributed by atoms with Gasteiger partial charge < -0.3 is 9.84 Å². The molecular weight excluding hydrogens is 166 g/mol. The average Bonchev–Trinajstić information content (AvgIpc) is 2.14. The van der Waals surface area contributed by atoms with Crippen molar-refractivity contribution in [1.29, 1.82) is 5.26 Å². The van der Waals surface area contributed by atoms with Crippen LogP contribution in [0.1, 0.15) is 18.9 Å². The van der Waals surface area contributed by atoms with Crippen molar-refractivity contribution in [2.24, 2.45) is 0 Å². The highest BCUT2D eigenvalue weighted by Gasteiger charge is 1.99. The van der Waals surface area contributed by atoms with Gasteiger partial charge in [-0.05, 0) is 18.6 Å². The predicted molar refractivity (Wildman–Crippen MR) is 48.6 cm³/mol. The molecule has 0 aliphatic carbocycles. The molecule has 0 aliphatic rings. The Labute approximate surface area is 77.2 Å². The van der Waals surface area contributed by atoms with Gasteiger partial charge >= 0.3 is 0 Å². The molecule has 0 saturated heterocycles. The van der Waals surface area contributed by atoms with Crippen LogP contribution in [0.4, 0.5) is 0 Å². The smallest absolute Gasteiger partial charge is 0.124 e. The summed E-state index contributed by atoms with van der Waals surface area (Å²) in [5.74, 6) is 0.601. The van der Waals surface area contributed by atoms with Gasteiger partial charge in [0, 0.05) is 6.07 Å². The number of ether oxygens (including phenoxy) is 1. The first-order chi connectivity index (χ1) is 6.26. The Morgan fingerprint density at radius 2 is 2.23 bits per heavy atom. The molecule has 0 amide bonds. The zero-order valence-corrected chi connectivity index (χ0v) is 7.45. The molecule has 3 heteroatoms. The maximum Gasteiger partial charge on any atom is 0.124 e. The van der Waals surface area contributed by atoms with Gasteiger partial charge in [-0.3, -0.25) is 0 Å². The van der Waals surface area contributed by atoms with Gasteiger partial charge in [-0.25, -0.2) is 0 Å². The first-order valence-electron chi connectivity index (χ1n) is 4.13. The molecule has 0 spiro atoms. The van der Waals surface area contributed by atoms with Crippen LogP contribution < -0.4 is 4.74 Å². The normalized spacial score (nSPS) is 9.23. The topological polar surface area (TPSA) is 53.2 Å². The van der Waals surface area contributed by atoms with Crippen LogP contribution in [0.15, 0.2) is 18.2 Å². The van der Waals surface area contributed by atoms with Crippen LogP contribution in [0.3, 0.4) is 0 Å². The standard InChI is InChI=1S/C10H11NO2/c1-2-3-13-10-5-8(7-11)4-9(12)6-10/h4-6,12H,2-3H2,1H3. The SMILES string of the molecule is CCCOc1cc(O)cc(C#N)c1. The van der Waals surface area contributed by atoms with E-state index in [4.69, 9.17) is 10.00 Å². The summed E-state index contributed by atoms with van der Waals surface area (Å²) >= 11 is 0. The first-order valence-corrected chi connectivity index (χ1v) is 4.13. The highest BCUT2D eigenvalue weighted by atomic mass is 16.5. The monoisotopic (exact) mass is 177 g/mol. The summed E-state index contributed by atoms with van der Waals surface area (Å²) in [6.07, 6.45) is 0.900. The van der Waals surface area contributed by atoms with Crippen LogP contribution >= 0.6 is 0 Å². The van der Waals surface area contributed by atoms with Gasteiger partial charge in [-0.1, -0.05) is 6.92 Å². The molecule has 0 aromatic heterocycles. The van der Waals surface area contributed by atoms with E-state index >= 15 is 0 Å². The van der Waals surface area contributed by atoms with Gasteiger partial charge in [-0.15, -0.1) is 0 Å². The molecular formula is C10H11NO2. The third-order valence-electron chi connectivity index (χ3n) is 1.49. The molecule has 0 heterocycles. The second-order valence-electron chi connectivity index (χ2n) is 2.68. The summed E-state index contributed by atoms with van der Waals surface area (Å²) in [6, 6.07) is 6.45. The number of nitriles is 1. The van der Waals surface area contributed by atoms with E-state index in [9.17, 15) is 5.11 Å². The van der Waals surface area contributed by atoms with Crippen LogP contribution in [0.5, 0.6) is 11.5 Å². The molecule has 68 valence electrons. The lowest BCUT2D eigenvalue weighted by atomic mass is 10.2. The minimum absolute atomic E-state index is 0.0603. The van der Waals surface area contributed by atoms with Crippen molar-refractivity contribution in [3.05, 3.63) is 23.8 Å². The lowest BCUT2D eigenvalue weighted by Crippen LogP contribution is -1.94. The van der Waals surface area contributed by atoms with Gasteiger partial charge in [0.25, 0.3) is 0 Å². The Balaban J connectivity index is 2.83. The molecule has 1 aromatic rings. The Kier molecular flexibility index (Phi) is 3.15. The quantitative estimate of drug-likeness (QED) is 0.768. The van der Waals surface area contributed by atoms with Crippen molar-refractivity contribution in [3.8, 4) is 17.6 Å². The van der Waals surface area contributed by atoms with E-state index in [1.54, 1.807) is 6.07 Å². The highest BCUT2D eigenvalue weighted by molar-refractivity contribution is 5.43. The van der Waals surface area contributed by atoms with Crippen molar-refractivity contribution >= 4 is 0 Å². The Hall–Kier alpha value is -1.69. The van der Waals surface area contributed by atoms with Crippen LogP contribution in [0.25, 0.3) is 0 Å². The molecule has 0 saturated carbocycles. The molecule has 0 fully saturated rings. The van der Waals surface area contributed by atoms with E-state index in [0.717, 1.165) is 6.42 Å². The van der Waals surface area contributed by atoms with Crippen LogP contribution in [-0.2, 0) is 0 Å². The Morgan fingerprint density at radius 3 is 2.85 bits per heavy atom. The molecule has 0 radical (unpaired) electrons. The van der Waals surface area contributed by atoms with Crippen LogP contribution in [0.2, 0.25) is 0 Å². The highest BCUT2D eigenvalue weighted by Crippen LogP contribution is 2.21. The number of benzene rings is 1. The molecule has 1 aromatic carbocycles. The van der Waals surface area contributed by atoms with E-state index in [0.29, 0.717) is 17.9 Å². The Morgan fingerprint density at radius 1 is 1.46 bits per heavy atom. The Bertz CT molecular complexity index is 328. The fraction of sp³-hybridized carbons (Fsp3) is 0.300. The number of hydrogen-bond donors (Lipinski definition) is 1. The van der Waals surface area contributed by atoms with Crippen LogP contribution in [-0.4, -0.2) is 11.7 Å². The number of rotatable bonds is 3. The van der Waals surface area contributed by atoms with E-state index in [2.05, 4.69) is 0 Å². The fourth-order valence-corrected chi connectivity index (χ4v) is 0.951. The summed E-state index contributed by atoms with van der Waals surface area (Å²) in [5.41, 5.74) is 0.408. The van der Waals surface area contributed by atoms with Crippen molar-refractivity contribution in [1.82, 2.24) is 0 Å². The van der Waals surface area contributed by atoms with E-state index in [-0.39, 0.29) is 5.75 Å². The van der Waals surface area contributed by atoms with Crippen molar-refractivity contribution in [2.45, 2.75) is 13.3 Å². The summed E-state index contributed by atoms with van der Waals surface area (Å²) in [5, 5.41) is 17.8. The first kappa shape index (κ1) is 9.40. The predicted octanol–water partition coefficient (Wildman–Crippen LogP) is 2.05. The second kappa shape index (κ2) is 4.36. The van der Waals surface area contributed by atoms with Crippen LogP contribution in [0, 0.1) is 11.3 Å². The molecule has 3 nitrogen and oxygen atoms in total. The summed E-state index contributed by atoms with van der Waals surface area (Å²) in [4.78, 5) is 0. The van der Waals surface area contributed by atoms with Crippen molar-refractivity contribution in [2.75, 3.05) is 6.61 Å². The molecule has 0 atom stereocenters. The lowest BCUT2D eigenvalue weighted by Gasteiger charge is -2.04. The molecule has 0 unspecified atom stereocenters. The maximum atomic E-state index is 9.19. The number of aromatic hydroxyl groups is 1. The molecule has 13 heavy (non-hydrogen) atoms. The molecule has 0 aliphatic heterocycles. The van der Waals surface area contributed by atoms with E-state index < -0.39 is 0 Å². The van der Waals surface area contributed by atoms with Gasteiger partial charge in [-0.2, -0.15) is 5.26 Å². The van der Waals surface area contributed by atoms with E-state index in [1.807, 2.05) is 13.0 Å². The maximum absolute atomic E-state index is 9.19. The van der Waals surface area contributed by atoms with Crippen molar-refractivity contribution in [3.63, 3.8) is 0 Å². The number of phenolic OH excluding ortho intramolecular Hbond substituents is 1.